The van der Waals surface area contributed by atoms with E-state index in [-0.39, 0.29) is 18.9 Å². The minimum atomic E-state index is -1.81. The van der Waals surface area contributed by atoms with E-state index in [1.165, 1.54) is 141 Å². The summed E-state index contributed by atoms with van der Waals surface area (Å²) in [6.07, 6.45) is 86.1. The maximum Gasteiger partial charge on any atom is 0.220 e. The molecule has 14 heteroatoms. The molecular formula is C85H141NO13. The number of amides is 1. The zero-order chi connectivity index (χ0) is 71.5. The lowest BCUT2D eigenvalue weighted by molar-refractivity contribution is -0.359. The maximum absolute atomic E-state index is 13.3. The fraction of sp³-hybridized carbons (Fsp3) is 0.682. The number of carbonyl (C=O) groups is 1. The highest BCUT2D eigenvalue weighted by atomic mass is 16.7. The fourth-order valence-corrected chi connectivity index (χ4v) is 11.8. The lowest BCUT2D eigenvalue weighted by atomic mass is 9.97. The largest absolute Gasteiger partial charge is 0.394 e. The molecule has 2 heterocycles. The third kappa shape index (κ3) is 49.8. The Kier molecular flexibility index (Phi) is 61.2. The lowest BCUT2D eigenvalue weighted by Gasteiger charge is -2.46. The number of hydrogen-bond donors (Lipinski definition) is 9. The quantitative estimate of drug-likeness (QED) is 0.0204. The summed E-state index contributed by atoms with van der Waals surface area (Å²) in [6, 6.07) is -0.977. The van der Waals surface area contributed by atoms with Gasteiger partial charge in [0.05, 0.1) is 32.0 Å². The molecule has 0 bridgehead atoms. The second-order valence-electron chi connectivity index (χ2n) is 26.7. The summed E-state index contributed by atoms with van der Waals surface area (Å²) < 4.78 is 22.8. The summed E-state index contributed by atoms with van der Waals surface area (Å²) in [5.41, 5.74) is 0. The van der Waals surface area contributed by atoms with Crippen LogP contribution < -0.4 is 5.32 Å². The molecule has 2 rings (SSSR count). The van der Waals surface area contributed by atoms with Crippen molar-refractivity contribution < 1.29 is 64.6 Å². The number of carbonyl (C=O) groups excluding carboxylic acids is 1. The predicted molar refractivity (Wildman–Crippen MR) is 410 cm³/mol. The molecule has 0 aromatic rings. The molecule has 2 saturated heterocycles. The molecule has 0 radical (unpaired) electrons. The van der Waals surface area contributed by atoms with E-state index in [2.05, 4.69) is 165 Å². The van der Waals surface area contributed by atoms with E-state index in [9.17, 15) is 45.6 Å². The molecule has 2 fully saturated rings. The van der Waals surface area contributed by atoms with Crippen molar-refractivity contribution in [1.29, 1.82) is 0 Å². The highest BCUT2D eigenvalue weighted by Crippen LogP contribution is 2.30. The highest BCUT2D eigenvalue weighted by molar-refractivity contribution is 5.76. The third-order valence-corrected chi connectivity index (χ3v) is 17.9. The number of aliphatic hydroxyl groups excluding tert-OH is 8. The van der Waals surface area contributed by atoms with E-state index in [1.807, 2.05) is 6.08 Å². The van der Waals surface area contributed by atoms with Crippen LogP contribution in [0.1, 0.15) is 277 Å². The predicted octanol–water partition coefficient (Wildman–Crippen LogP) is 17.7. The lowest BCUT2D eigenvalue weighted by Crippen LogP contribution is -2.65. The van der Waals surface area contributed by atoms with Crippen molar-refractivity contribution in [2.45, 2.75) is 351 Å². The molecule has 14 nitrogen and oxygen atoms in total. The molecule has 1 amide bonds. The van der Waals surface area contributed by atoms with E-state index < -0.39 is 86.8 Å². The maximum atomic E-state index is 13.3. The van der Waals surface area contributed by atoms with Gasteiger partial charge < -0.3 is 65.1 Å². The van der Waals surface area contributed by atoms with Gasteiger partial charge in [-0.05, 0) is 122 Å². The molecule has 2 aliphatic heterocycles. The van der Waals surface area contributed by atoms with Gasteiger partial charge in [0.15, 0.2) is 12.6 Å². The van der Waals surface area contributed by atoms with Gasteiger partial charge in [0.25, 0.3) is 0 Å². The van der Waals surface area contributed by atoms with Gasteiger partial charge in [-0.25, -0.2) is 0 Å². The average Bonchev–Trinajstić information content (AvgIpc) is 0.793. The SMILES string of the molecule is CC/C=C\C/C=C\C/C=C\C/C=C\C/C=C\C/C=C\C/C=C\C/C=C\C/C=C\C/C=C\CCCCC(=O)NC(COC1OC(CO)C(OC2OC(CO)C(O)C(O)C2O)C(O)C1O)C(O)/C=C/CC/C=C/CC/C=C/CCCCCCCCCCCCCCCCCCCCCCCC. The standard InChI is InChI=1S/C85H141NO13/c1-3-5-7-9-11-13-15-17-19-21-23-25-27-29-31-33-35-37-39-41-43-45-47-49-51-53-55-57-59-61-63-65-67-69-77(90)86-73(72-96-84-82(95)80(93)83(76(71-88)98-84)99-85-81(94)79(92)78(91)75(70-87)97-85)74(89)68-66-64-62-60-58-56-54-52-50-48-46-44-42-40-38-36-34-32-30-28-26-24-22-20-18-16-14-12-10-8-6-4-2/h5,7,11,13,17,19,23,25,29,31,35,37,41,43,47,49-50,52-53,55,58-61,66,68,73-76,78-85,87-89,91-95H,3-4,6,8-10,12,14-16,18,20-22,24,26-28,30,32-34,36,38-40,42,44-46,48,51,54,56-57,62-65,67,69-72H2,1-2H3,(H,86,90)/b7-5-,13-11-,19-17-,25-23-,31-29-,37-35-,43-41-,49-47-,52-50+,55-53-,60-58+,61-59-,68-66+. The van der Waals surface area contributed by atoms with Crippen LogP contribution in [0.4, 0.5) is 0 Å². The Morgan fingerprint density at radius 2 is 0.707 bits per heavy atom. The summed E-state index contributed by atoms with van der Waals surface area (Å²) in [6.45, 7) is 2.64. The van der Waals surface area contributed by atoms with Crippen LogP contribution in [0.15, 0.2) is 158 Å². The molecule has 12 unspecified atom stereocenters. The number of nitrogens with one attached hydrogen (secondary N) is 1. The third-order valence-electron chi connectivity index (χ3n) is 17.9. The molecule has 0 aliphatic carbocycles. The minimum Gasteiger partial charge on any atom is -0.394 e. The minimum absolute atomic E-state index is 0.204. The van der Waals surface area contributed by atoms with Crippen LogP contribution >= 0.6 is 0 Å². The van der Waals surface area contributed by atoms with Crippen LogP contribution in [0.5, 0.6) is 0 Å². The fourth-order valence-electron chi connectivity index (χ4n) is 11.8. The monoisotopic (exact) mass is 1380 g/mol. The first-order chi connectivity index (χ1) is 48.6. The first-order valence-corrected chi connectivity index (χ1v) is 39.2. The highest BCUT2D eigenvalue weighted by Gasteiger charge is 2.51. The van der Waals surface area contributed by atoms with Crippen molar-refractivity contribution in [3.05, 3.63) is 158 Å². The van der Waals surface area contributed by atoms with Crippen molar-refractivity contribution in [3.8, 4) is 0 Å². The van der Waals surface area contributed by atoms with Crippen molar-refractivity contribution in [1.82, 2.24) is 5.32 Å². The van der Waals surface area contributed by atoms with Gasteiger partial charge in [0, 0.05) is 6.42 Å². The first-order valence-electron chi connectivity index (χ1n) is 39.2. The molecule has 9 N–H and O–H groups in total. The molecule has 0 aromatic carbocycles. The molecular weight excluding hydrogens is 1240 g/mol. The van der Waals surface area contributed by atoms with Crippen LogP contribution in [0.2, 0.25) is 0 Å². The van der Waals surface area contributed by atoms with E-state index in [4.69, 9.17) is 18.9 Å². The summed E-state index contributed by atoms with van der Waals surface area (Å²) in [5, 5.41) is 87.5. The summed E-state index contributed by atoms with van der Waals surface area (Å²) in [5.74, 6) is -0.300. The van der Waals surface area contributed by atoms with E-state index in [0.717, 1.165) is 103 Å². The van der Waals surface area contributed by atoms with Gasteiger partial charge in [-0.1, -0.05) is 307 Å². The second-order valence-corrected chi connectivity index (χ2v) is 26.7. The van der Waals surface area contributed by atoms with Gasteiger partial charge in [0.1, 0.15) is 48.8 Å². The van der Waals surface area contributed by atoms with Gasteiger partial charge >= 0.3 is 0 Å². The van der Waals surface area contributed by atoms with Gasteiger partial charge in [-0.3, -0.25) is 4.79 Å². The molecule has 0 aromatic heterocycles. The summed E-state index contributed by atoms with van der Waals surface area (Å²) in [4.78, 5) is 13.3. The van der Waals surface area contributed by atoms with E-state index >= 15 is 0 Å². The second kappa shape index (κ2) is 66.8. The number of hydrogen-bond acceptors (Lipinski definition) is 13. The average molecular weight is 1390 g/mol. The number of ether oxygens (including phenoxy) is 4. The van der Waals surface area contributed by atoms with Crippen LogP contribution in [-0.4, -0.2) is 140 Å². The van der Waals surface area contributed by atoms with Crippen LogP contribution in [0, 0.1) is 0 Å². The Balaban J connectivity index is 1.70. The van der Waals surface area contributed by atoms with Crippen molar-refractivity contribution in [3.63, 3.8) is 0 Å². The van der Waals surface area contributed by atoms with Gasteiger partial charge in [-0.15, -0.1) is 0 Å². The van der Waals surface area contributed by atoms with Crippen molar-refractivity contribution >= 4 is 5.91 Å². The van der Waals surface area contributed by atoms with E-state index in [0.29, 0.717) is 12.8 Å². The molecule has 99 heavy (non-hydrogen) atoms. The van der Waals surface area contributed by atoms with Crippen molar-refractivity contribution in [2.75, 3.05) is 19.8 Å². The van der Waals surface area contributed by atoms with Gasteiger partial charge in [0.2, 0.25) is 5.91 Å². The molecule has 0 spiro atoms. The number of allylic oxidation sites excluding steroid dienone is 25. The molecule has 0 saturated carbocycles. The smallest absolute Gasteiger partial charge is 0.220 e. The van der Waals surface area contributed by atoms with E-state index in [1.54, 1.807) is 6.08 Å². The van der Waals surface area contributed by atoms with Gasteiger partial charge in [-0.2, -0.15) is 0 Å². The topological polar surface area (TPSA) is 228 Å². The molecule has 564 valence electrons. The first kappa shape index (κ1) is 90.7. The Bertz CT molecular complexity index is 2280. The number of unbranched alkanes of at least 4 members (excludes halogenated alkanes) is 26. The Morgan fingerprint density at radius 1 is 0.374 bits per heavy atom. The summed E-state index contributed by atoms with van der Waals surface area (Å²) in [7, 11) is 0. The van der Waals surface area contributed by atoms with Crippen molar-refractivity contribution in [2.24, 2.45) is 0 Å². The Hall–Kier alpha value is -4.39. The Morgan fingerprint density at radius 3 is 1.11 bits per heavy atom. The zero-order valence-corrected chi connectivity index (χ0v) is 61.7. The molecule has 2 aliphatic rings. The Labute approximate surface area is 601 Å². The normalized spacial score (nSPS) is 22.8. The molecule has 12 atom stereocenters. The van der Waals surface area contributed by atoms with Crippen LogP contribution in [-0.2, 0) is 23.7 Å². The van der Waals surface area contributed by atoms with Crippen LogP contribution in [0.3, 0.4) is 0 Å². The number of aliphatic hydroxyl groups is 8. The number of rotatable bonds is 63. The summed E-state index contributed by atoms with van der Waals surface area (Å²) >= 11 is 0. The zero-order valence-electron chi connectivity index (χ0n) is 61.7. The van der Waals surface area contributed by atoms with Crippen LogP contribution in [0.25, 0.3) is 0 Å².